The molecule has 4 aromatic carbocycles. The number of fused-ring (bicyclic) bond motifs is 12. The van der Waals surface area contributed by atoms with Crippen LogP contribution in [-0.2, 0) is 12.8 Å². The molecule has 2 atom stereocenters. The van der Waals surface area contributed by atoms with E-state index in [0.717, 1.165) is 57.4 Å². The molecule has 0 amide bonds. The van der Waals surface area contributed by atoms with Gasteiger partial charge in [-0.1, -0.05) is 24.3 Å². The molecule has 0 radical (unpaired) electrons. The number of ether oxygens (including phenoxy) is 2. The lowest BCUT2D eigenvalue weighted by Crippen LogP contribution is -2.10. The van der Waals surface area contributed by atoms with Gasteiger partial charge < -0.3 is 30.7 Å². The Morgan fingerprint density at radius 3 is 1.42 bits per heavy atom. The quantitative estimate of drug-likeness (QED) is 0.0967. The zero-order chi connectivity index (χ0) is 49.3. The number of aryl methyl sites for hydroxylation is 2. The van der Waals surface area contributed by atoms with Crippen LogP contribution in [0.25, 0.3) is 11.4 Å². The number of rotatable bonds is 4. The predicted octanol–water partition coefficient (Wildman–Crippen LogP) is 9.65. The Balaban J connectivity index is 0.000000156. The van der Waals surface area contributed by atoms with Crippen LogP contribution in [0.3, 0.4) is 0 Å². The van der Waals surface area contributed by atoms with Crippen LogP contribution in [0.1, 0.15) is 70.0 Å². The second kappa shape index (κ2) is 19.6. The Bertz CT molecular complexity index is 3190. The number of aromatic nitrogens is 10. The number of nitrogens with one attached hydrogen (secondary N) is 4. The second-order valence-corrected chi connectivity index (χ2v) is 17.4. The van der Waals surface area contributed by atoms with Gasteiger partial charge in [-0.2, -0.15) is 20.2 Å². The van der Waals surface area contributed by atoms with Crippen LogP contribution in [0.4, 0.5) is 52.5 Å². The molecule has 8 aromatic rings. The molecule has 8 bridgehead atoms. The number of benzene rings is 4. The van der Waals surface area contributed by atoms with E-state index in [0.29, 0.717) is 110 Å². The van der Waals surface area contributed by atoms with Crippen molar-refractivity contribution in [1.29, 1.82) is 0 Å². The van der Waals surface area contributed by atoms with Gasteiger partial charge >= 0.3 is 0 Å². The monoisotopic (exact) mass is 974 g/mol. The zero-order valence-electron chi connectivity index (χ0n) is 39.0. The topological polar surface area (TPSA) is 180 Å². The standard InChI is InChI=1S/2C26H23F2N7O/c2*1-15-30-14-35(34-15)22-9-5-17-13-23(22)36-11-3-2-10-29-25-20-8-7-19(24(20)32-26(31-17)33-25)18-6-4-16(27)12-21(18)28/h2*2-6,9,12-14,19H,7-8,10-11H2,1H3,(H2,29,31,32,33)/b3-2+;3-2-. The maximum Gasteiger partial charge on any atom is 0.229 e. The predicted molar refractivity (Wildman–Crippen MR) is 262 cm³/mol. The number of hydrogen-bond acceptors (Lipinski definition) is 14. The third kappa shape index (κ3) is 9.49. The highest BCUT2D eigenvalue weighted by atomic mass is 19.1. The summed E-state index contributed by atoms with van der Waals surface area (Å²) in [6, 6.07) is 18.7. The van der Waals surface area contributed by atoms with Gasteiger partial charge in [-0.3, -0.25) is 0 Å². The first kappa shape index (κ1) is 45.7. The van der Waals surface area contributed by atoms with Crippen LogP contribution in [0, 0.1) is 37.1 Å². The highest BCUT2D eigenvalue weighted by Gasteiger charge is 2.33. The fourth-order valence-corrected chi connectivity index (χ4v) is 9.37. The van der Waals surface area contributed by atoms with E-state index >= 15 is 0 Å². The first-order valence-corrected chi connectivity index (χ1v) is 23.4. The minimum absolute atomic E-state index is 0.284. The summed E-state index contributed by atoms with van der Waals surface area (Å²) in [6.07, 6.45) is 13.8. The minimum Gasteiger partial charge on any atom is -0.487 e. The number of anilines is 6. The molecule has 2 unspecified atom stereocenters. The SMILES string of the molecule is Cc1ncn(-c2ccc3cc2OC/C=C/CNc2nc(nc4c2CCC4c2ccc(F)cc2F)N3)n1.Cc1ncn(-c2ccc3cc2OC/C=C\CNc2nc(nc4c2CCC4c2ccc(F)cc2F)N3)n1. The fourth-order valence-electron chi connectivity index (χ4n) is 9.37. The van der Waals surface area contributed by atoms with E-state index in [1.54, 1.807) is 22.0 Å². The van der Waals surface area contributed by atoms with E-state index in [1.165, 1.54) is 24.3 Å². The molecule has 12 rings (SSSR count). The third-order valence-electron chi connectivity index (χ3n) is 12.7. The first-order valence-electron chi connectivity index (χ1n) is 23.4. The molecule has 0 saturated carbocycles. The van der Waals surface area contributed by atoms with Gasteiger partial charge in [0.05, 0.1) is 11.4 Å². The van der Waals surface area contributed by atoms with Crippen molar-refractivity contribution in [3.05, 3.63) is 178 Å². The van der Waals surface area contributed by atoms with Crippen molar-refractivity contribution in [2.24, 2.45) is 0 Å². The maximum atomic E-state index is 14.7. The molecule has 72 heavy (non-hydrogen) atoms. The lowest BCUT2D eigenvalue weighted by atomic mass is 9.96. The molecule has 20 heteroatoms. The Labute approximate surface area is 410 Å². The molecule has 0 saturated heterocycles. The largest absolute Gasteiger partial charge is 0.487 e. The van der Waals surface area contributed by atoms with Crippen LogP contribution < -0.4 is 30.7 Å². The maximum absolute atomic E-state index is 14.7. The Hall–Kier alpha value is -8.68. The Morgan fingerprint density at radius 1 is 0.542 bits per heavy atom. The summed E-state index contributed by atoms with van der Waals surface area (Å²) >= 11 is 0. The smallest absolute Gasteiger partial charge is 0.229 e. The van der Waals surface area contributed by atoms with Crippen LogP contribution in [0.5, 0.6) is 11.5 Å². The first-order chi connectivity index (χ1) is 35.1. The van der Waals surface area contributed by atoms with Gasteiger partial charge in [-0.15, -0.1) is 0 Å². The molecule has 16 nitrogen and oxygen atoms in total. The van der Waals surface area contributed by atoms with Gasteiger partial charge in [0.2, 0.25) is 11.9 Å². The highest BCUT2D eigenvalue weighted by Crippen LogP contribution is 2.43. The van der Waals surface area contributed by atoms with Crippen LogP contribution in [-0.4, -0.2) is 75.8 Å². The molecule has 2 aliphatic heterocycles. The second-order valence-electron chi connectivity index (χ2n) is 17.4. The summed E-state index contributed by atoms with van der Waals surface area (Å²) in [4.78, 5) is 27.4. The molecule has 4 N–H and O–H groups in total. The molecule has 4 aliphatic rings. The molecular weight excluding hydrogens is 929 g/mol. The van der Waals surface area contributed by atoms with Crippen molar-refractivity contribution >= 4 is 34.9 Å². The molecule has 6 heterocycles. The normalized spacial score (nSPS) is 17.5. The lowest BCUT2D eigenvalue weighted by molar-refractivity contribution is 0.360. The molecule has 0 fully saturated rings. The molecule has 0 spiro atoms. The summed E-state index contributed by atoms with van der Waals surface area (Å²) in [5, 5.41) is 22.0. The van der Waals surface area contributed by atoms with Crippen molar-refractivity contribution in [1.82, 2.24) is 49.5 Å². The summed E-state index contributed by atoms with van der Waals surface area (Å²) in [7, 11) is 0. The van der Waals surface area contributed by atoms with Crippen LogP contribution >= 0.6 is 0 Å². The molecule has 364 valence electrons. The van der Waals surface area contributed by atoms with Gasteiger partial charge in [0.25, 0.3) is 0 Å². The number of hydrogen-bond donors (Lipinski definition) is 4. The summed E-state index contributed by atoms with van der Waals surface area (Å²) in [6.45, 7) is 5.47. The average Bonchev–Trinajstić information content (AvgIpc) is 4.19. The van der Waals surface area contributed by atoms with Crippen molar-refractivity contribution in [3.63, 3.8) is 0 Å². The molecule has 4 aromatic heterocycles. The molecule has 2 aliphatic carbocycles. The summed E-state index contributed by atoms with van der Waals surface area (Å²) in [5.74, 6) is 1.83. The van der Waals surface area contributed by atoms with Gasteiger partial charge in [0, 0.05) is 71.7 Å². The van der Waals surface area contributed by atoms with E-state index in [-0.39, 0.29) is 11.8 Å². The Morgan fingerprint density at radius 2 is 1.00 bits per heavy atom. The van der Waals surface area contributed by atoms with Crippen molar-refractivity contribution in [2.45, 2.75) is 51.4 Å². The van der Waals surface area contributed by atoms with Gasteiger partial charge in [-0.05, 0) is 99.2 Å². The highest BCUT2D eigenvalue weighted by molar-refractivity contribution is 5.66. The van der Waals surface area contributed by atoms with Crippen molar-refractivity contribution < 1.29 is 27.0 Å². The number of nitrogens with zero attached hydrogens (tertiary/aromatic N) is 10. The van der Waals surface area contributed by atoms with Gasteiger partial charge in [0.1, 0.15) is 95.3 Å². The van der Waals surface area contributed by atoms with Gasteiger partial charge in [-0.25, -0.2) is 46.9 Å². The van der Waals surface area contributed by atoms with Crippen molar-refractivity contribution in [2.75, 3.05) is 47.6 Å². The number of halogens is 4. The van der Waals surface area contributed by atoms with E-state index in [2.05, 4.69) is 41.4 Å². The summed E-state index contributed by atoms with van der Waals surface area (Å²) in [5.41, 5.74) is 7.21. The third-order valence-corrected chi connectivity index (χ3v) is 12.7. The van der Waals surface area contributed by atoms with E-state index in [1.807, 2.05) is 74.5 Å². The van der Waals surface area contributed by atoms with Crippen molar-refractivity contribution in [3.8, 4) is 22.9 Å². The Kier molecular flexibility index (Phi) is 12.5. The molecular formula is C52H46F4N14O2. The van der Waals surface area contributed by atoms with E-state index in [9.17, 15) is 17.6 Å². The van der Waals surface area contributed by atoms with E-state index < -0.39 is 23.3 Å². The lowest BCUT2D eigenvalue weighted by Gasteiger charge is -2.16. The minimum atomic E-state index is -0.596. The van der Waals surface area contributed by atoms with Crippen LogP contribution in [0.15, 0.2) is 110 Å². The van der Waals surface area contributed by atoms with Crippen LogP contribution in [0.2, 0.25) is 0 Å². The average molecular weight is 975 g/mol. The van der Waals surface area contributed by atoms with Gasteiger partial charge in [0.15, 0.2) is 0 Å². The zero-order valence-corrected chi connectivity index (χ0v) is 39.0. The fraction of sp³-hybridized carbons (Fsp3) is 0.231. The van der Waals surface area contributed by atoms with E-state index in [4.69, 9.17) is 29.4 Å². The summed E-state index contributed by atoms with van der Waals surface area (Å²) < 4.78 is 71.8.